The maximum atomic E-state index is 9.51. The second kappa shape index (κ2) is 6.93. The number of benzene rings is 2. The molecule has 4 nitrogen and oxygen atoms in total. The van der Waals surface area contributed by atoms with Crippen molar-refractivity contribution in [3.63, 3.8) is 0 Å². The van der Waals surface area contributed by atoms with E-state index in [1.807, 2.05) is 42.6 Å². The average Bonchev–Trinajstić information content (AvgIpc) is 3.02. The number of halogens is 1. The number of hydrogen-bond acceptors (Lipinski definition) is 5. The Morgan fingerprint density at radius 1 is 1.22 bits per heavy atom. The van der Waals surface area contributed by atoms with Crippen LogP contribution in [0.3, 0.4) is 0 Å². The number of hydrazone groups is 1. The molecular formula is C17H14BrN3OS. The standard InChI is InChI=1S/C17H14BrN3OS/c1-11(13-3-2-4-15(22)9-13)20-21-17-19-16(10-23-17)12-5-7-14(18)8-6-12/h2-10,22H,1H3,(H,19,21)/b20-11-. The fraction of sp³-hybridized carbons (Fsp3) is 0.0588. The van der Waals surface area contributed by atoms with Gasteiger partial charge >= 0.3 is 0 Å². The molecule has 0 amide bonds. The highest BCUT2D eigenvalue weighted by Crippen LogP contribution is 2.26. The van der Waals surface area contributed by atoms with E-state index in [4.69, 9.17) is 0 Å². The predicted octanol–water partition coefficient (Wildman–Crippen LogP) is 5.11. The molecule has 0 aliphatic rings. The monoisotopic (exact) mass is 387 g/mol. The second-order valence-electron chi connectivity index (χ2n) is 4.90. The summed E-state index contributed by atoms with van der Waals surface area (Å²) in [6.45, 7) is 1.88. The summed E-state index contributed by atoms with van der Waals surface area (Å²) in [6, 6.07) is 15.0. The van der Waals surface area contributed by atoms with E-state index >= 15 is 0 Å². The van der Waals surface area contributed by atoms with Crippen molar-refractivity contribution in [2.75, 3.05) is 5.43 Å². The second-order valence-corrected chi connectivity index (χ2v) is 6.68. The lowest BCUT2D eigenvalue weighted by Gasteiger charge is -2.02. The molecule has 0 atom stereocenters. The number of nitrogens with one attached hydrogen (secondary N) is 1. The van der Waals surface area contributed by atoms with Gasteiger partial charge in [0.1, 0.15) is 5.75 Å². The van der Waals surface area contributed by atoms with E-state index in [2.05, 4.69) is 31.4 Å². The minimum Gasteiger partial charge on any atom is -0.508 e. The summed E-state index contributed by atoms with van der Waals surface area (Å²) in [5.41, 5.74) is 6.58. The van der Waals surface area contributed by atoms with Crippen LogP contribution in [0.2, 0.25) is 0 Å². The molecular weight excluding hydrogens is 374 g/mol. The first-order valence-electron chi connectivity index (χ1n) is 6.93. The lowest BCUT2D eigenvalue weighted by molar-refractivity contribution is 0.475. The number of phenols is 1. The maximum Gasteiger partial charge on any atom is 0.203 e. The van der Waals surface area contributed by atoms with E-state index in [0.717, 1.165) is 32.1 Å². The van der Waals surface area contributed by atoms with Crippen molar-refractivity contribution in [3.8, 4) is 17.0 Å². The Bertz CT molecular complexity index is 843. The third-order valence-corrected chi connectivity index (χ3v) is 4.50. The molecule has 23 heavy (non-hydrogen) atoms. The Morgan fingerprint density at radius 3 is 2.74 bits per heavy atom. The lowest BCUT2D eigenvalue weighted by Crippen LogP contribution is -1.99. The number of rotatable bonds is 4. The van der Waals surface area contributed by atoms with Crippen LogP contribution in [-0.2, 0) is 0 Å². The summed E-state index contributed by atoms with van der Waals surface area (Å²) >= 11 is 4.92. The van der Waals surface area contributed by atoms with Crippen molar-refractivity contribution >= 4 is 38.1 Å². The van der Waals surface area contributed by atoms with Crippen LogP contribution in [0.5, 0.6) is 5.75 Å². The van der Waals surface area contributed by atoms with Crippen LogP contribution in [-0.4, -0.2) is 15.8 Å². The Balaban J connectivity index is 1.74. The zero-order chi connectivity index (χ0) is 16.2. The summed E-state index contributed by atoms with van der Waals surface area (Å²) in [4.78, 5) is 4.53. The van der Waals surface area contributed by atoms with Crippen molar-refractivity contribution < 1.29 is 5.11 Å². The van der Waals surface area contributed by atoms with E-state index in [1.54, 1.807) is 18.2 Å². The minimum atomic E-state index is 0.226. The quantitative estimate of drug-likeness (QED) is 0.482. The van der Waals surface area contributed by atoms with Gasteiger partial charge < -0.3 is 5.11 Å². The predicted molar refractivity (Wildman–Crippen MR) is 99.2 cm³/mol. The van der Waals surface area contributed by atoms with E-state index in [1.165, 1.54) is 11.3 Å². The number of aromatic nitrogens is 1. The maximum absolute atomic E-state index is 9.51. The number of phenolic OH excluding ortho intramolecular Hbond substituents is 1. The molecule has 0 fully saturated rings. The minimum absolute atomic E-state index is 0.226. The van der Waals surface area contributed by atoms with Gasteiger partial charge in [0.2, 0.25) is 5.13 Å². The van der Waals surface area contributed by atoms with Crippen LogP contribution >= 0.6 is 27.3 Å². The van der Waals surface area contributed by atoms with Crippen LogP contribution in [0.1, 0.15) is 12.5 Å². The first-order valence-corrected chi connectivity index (χ1v) is 8.60. The molecule has 3 aromatic rings. The Labute approximate surface area is 146 Å². The fourth-order valence-electron chi connectivity index (χ4n) is 2.01. The SMILES string of the molecule is C/C(=N/Nc1nc(-c2ccc(Br)cc2)cs1)c1cccc(O)c1. The Hall–Kier alpha value is -2.18. The summed E-state index contributed by atoms with van der Waals surface area (Å²) in [7, 11) is 0. The zero-order valence-electron chi connectivity index (χ0n) is 12.3. The molecule has 0 bridgehead atoms. The highest BCUT2D eigenvalue weighted by atomic mass is 79.9. The molecule has 3 rings (SSSR count). The highest BCUT2D eigenvalue weighted by Gasteiger charge is 2.04. The fourth-order valence-corrected chi connectivity index (χ4v) is 2.93. The molecule has 116 valence electrons. The van der Waals surface area contributed by atoms with Gasteiger partial charge in [-0.05, 0) is 31.2 Å². The van der Waals surface area contributed by atoms with Gasteiger partial charge in [-0.3, -0.25) is 5.43 Å². The van der Waals surface area contributed by atoms with Crippen molar-refractivity contribution in [3.05, 3.63) is 63.9 Å². The molecule has 0 aliphatic heterocycles. The van der Waals surface area contributed by atoms with Gasteiger partial charge in [-0.15, -0.1) is 11.3 Å². The number of anilines is 1. The number of nitrogens with zero attached hydrogens (tertiary/aromatic N) is 2. The molecule has 0 saturated carbocycles. The van der Waals surface area contributed by atoms with Gasteiger partial charge in [0.05, 0.1) is 11.4 Å². The molecule has 6 heteroatoms. The van der Waals surface area contributed by atoms with Gasteiger partial charge in [-0.1, -0.05) is 40.2 Å². The van der Waals surface area contributed by atoms with Crippen molar-refractivity contribution in [2.45, 2.75) is 6.92 Å². The normalized spacial score (nSPS) is 11.5. The third kappa shape index (κ3) is 3.97. The van der Waals surface area contributed by atoms with E-state index in [9.17, 15) is 5.11 Å². The summed E-state index contributed by atoms with van der Waals surface area (Å²) in [5.74, 6) is 0.226. The topological polar surface area (TPSA) is 57.5 Å². The van der Waals surface area contributed by atoms with Crippen LogP contribution < -0.4 is 5.43 Å². The summed E-state index contributed by atoms with van der Waals surface area (Å²) in [6.07, 6.45) is 0. The average molecular weight is 388 g/mol. The lowest BCUT2D eigenvalue weighted by atomic mass is 10.1. The van der Waals surface area contributed by atoms with Crippen LogP contribution in [0.4, 0.5) is 5.13 Å². The smallest absolute Gasteiger partial charge is 0.203 e. The molecule has 2 aromatic carbocycles. The number of aromatic hydroxyl groups is 1. The van der Waals surface area contributed by atoms with E-state index in [0.29, 0.717) is 0 Å². The van der Waals surface area contributed by atoms with Gasteiger partial charge in [0, 0.05) is 21.0 Å². The van der Waals surface area contributed by atoms with Crippen molar-refractivity contribution in [1.29, 1.82) is 0 Å². The van der Waals surface area contributed by atoms with Gasteiger partial charge in [-0.25, -0.2) is 4.98 Å². The molecule has 0 aliphatic carbocycles. The van der Waals surface area contributed by atoms with E-state index < -0.39 is 0 Å². The van der Waals surface area contributed by atoms with Crippen LogP contribution in [0.25, 0.3) is 11.3 Å². The first-order chi connectivity index (χ1) is 11.1. The summed E-state index contributed by atoms with van der Waals surface area (Å²) in [5, 5.41) is 16.5. The molecule has 1 heterocycles. The van der Waals surface area contributed by atoms with Crippen LogP contribution in [0.15, 0.2) is 63.5 Å². The molecule has 0 unspecified atom stereocenters. The van der Waals surface area contributed by atoms with Gasteiger partial charge in [0.15, 0.2) is 0 Å². The number of hydrogen-bond donors (Lipinski definition) is 2. The summed E-state index contributed by atoms with van der Waals surface area (Å²) < 4.78 is 1.04. The van der Waals surface area contributed by atoms with Gasteiger partial charge in [-0.2, -0.15) is 5.10 Å². The zero-order valence-corrected chi connectivity index (χ0v) is 14.7. The van der Waals surface area contributed by atoms with E-state index in [-0.39, 0.29) is 5.75 Å². The molecule has 1 aromatic heterocycles. The molecule has 0 saturated heterocycles. The Kier molecular flexibility index (Phi) is 4.73. The molecule has 2 N–H and O–H groups in total. The largest absolute Gasteiger partial charge is 0.508 e. The molecule has 0 spiro atoms. The van der Waals surface area contributed by atoms with Crippen LogP contribution in [0, 0.1) is 0 Å². The highest BCUT2D eigenvalue weighted by molar-refractivity contribution is 9.10. The first kappa shape index (κ1) is 15.7. The van der Waals surface area contributed by atoms with Crippen molar-refractivity contribution in [2.24, 2.45) is 5.10 Å². The third-order valence-electron chi connectivity index (χ3n) is 3.23. The van der Waals surface area contributed by atoms with Crippen molar-refractivity contribution in [1.82, 2.24) is 4.98 Å². The number of thiazole rings is 1. The van der Waals surface area contributed by atoms with Gasteiger partial charge in [0.25, 0.3) is 0 Å². The Morgan fingerprint density at radius 2 is 2.00 bits per heavy atom. The molecule has 0 radical (unpaired) electrons.